The Kier molecular flexibility index (Phi) is 7.65. The molecule has 0 unspecified atom stereocenters. The van der Waals surface area contributed by atoms with Crippen molar-refractivity contribution < 1.29 is 13.9 Å². The van der Waals surface area contributed by atoms with Crippen LogP contribution in [-0.2, 0) is 4.74 Å². The first-order chi connectivity index (χ1) is 20.6. The lowest BCUT2D eigenvalue weighted by Crippen LogP contribution is -2.48. The van der Waals surface area contributed by atoms with Gasteiger partial charge in [-0.25, -0.2) is 14.2 Å². The minimum Gasteiger partial charge on any atom is -0.444 e. The summed E-state index contributed by atoms with van der Waals surface area (Å²) in [5.74, 6) is -0.543. The molecule has 43 heavy (non-hydrogen) atoms. The number of piperidine rings is 1. The number of thioether (sulfide) groups is 1. The van der Waals surface area contributed by atoms with Gasteiger partial charge in [-0.3, -0.25) is 9.67 Å². The number of amides is 1. The van der Waals surface area contributed by atoms with Gasteiger partial charge in [-0.2, -0.15) is 10.4 Å². The number of likely N-dealkylation sites (tertiary alicyclic amines) is 1. The van der Waals surface area contributed by atoms with Crippen molar-refractivity contribution in [3.8, 4) is 17.3 Å². The van der Waals surface area contributed by atoms with Gasteiger partial charge >= 0.3 is 6.09 Å². The first-order valence-corrected chi connectivity index (χ1v) is 15.6. The van der Waals surface area contributed by atoms with Crippen molar-refractivity contribution in [2.24, 2.45) is 0 Å². The number of halogens is 2. The highest BCUT2D eigenvalue weighted by Crippen LogP contribution is 2.42. The number of carbonyl (C=O) groups excluding carboxylic acids is 1. The second-order valence-electron chi connectivity index (χ2n) is 11.7. The number of hydrogen-bond acceptors (Lipinski definition) is 7. The normalized spacial score (nSPS) is 17.5. The third-order valence-electron chi connectivity index (χ3n) is 7.78. The van der Waals surface area contributed by atoms with E-state index in [1.54, 1.807) is 23.4 Å². The molecule has 5 aromatic rings. The zero-order valence-corrected chi connectivity index (χ0v) is 25.8. The van der Waals surface area contributed by atoms with Gasteiger partial charge in [0.1, 0.15) is 16.1 Å². The fraction of sp³-hybridized carbons (Fsp3) is 0.344. The van der Waals surface area contributed by atoms with Gasteiger partial charge in [0.15, 0.2) is 5.82 Å². The molecule has 2 aromatic carbocycles. The zero-order chi connectivity index (χ0) is 30.5. The summed E-state index contributed by atoms with van der Waals surface area (Å²) in [5, 5.41) is 18.3. The minimum atomic E-state index is -0.646. The van der Waals surface area contributed by atoms with Crippen molar-refractivity contribution in [2.45, 2.75) is 62.7 Å². The fourth-order valence-corrected chi connectivity index (χ4v) is 6.76. The van der Waals surface area contributed by atoms with Crippen molar-refractivity contribution in [3.05, 3.63) is 59.6 Å². The Bertz CT molecular complexity index is 1930. The van der Waals surface area contributed by atoms with E-state index in [4.69, 9.17) is 26.4 Å². The monoisotopic (exact) mass is 616 g/mol. The van der Waals surface area contributed by atoms with Gasteiger partial charge in [-0.1, -0.05) is 35.9 Å². The molecular weight excluding hydrogens is 587 g/mol. The van der Waals surface area contributed by atoms with Gasteiger partial charge in [0.2, 0.25) is 0 Å². The molecular formula is C32H30ClFN6O2S. The van der Waals surface area contributed by atoms with Crippen LogP contribution < -0.4 is 0 Å². The summed E-state index contributed by atoms with van der Waals surface area (Å²) in [6.07, 6.45) is 6.11. The molecule has 0 aliphatic carbocycles. The lowest BCUT2D eigenvalue weighted by molar-refractivity contribution is 0.00565. The quantitative estimate of drug-likeness (QED) is 0.188. The highest BCUT2D eigenvalue weighted by molar-refractivity contribution is 7.98. The average molecular weight is 617 g/mol. The predicted molar refractivity (Wildman–Crippen MR) is 168 cm³/mol. The topological polar surface area (TPSA) is 96.9 Å². The third kappa shape index (κ3) is 5.25. The Morgan fingerprint density at radius 1 is 1.23 bits per heavy atom. The SMILES string of the molecule is CSc1nc2c(F)c(-c3nccc4ccccc34)c(Cl)cc2c2c1cnn2[C@H]1CCN(C(=O)OC(C)(C)C)[C@H](CC#N)C1. The fourth-order valence-electron chi connectivity index (χ4n) is 5.93. The third-order valence-corrected chi connectivity index (χ3v) is 8.78. The van der Waals surface area contributed by atoms with Crippen LogP contribution in [0.3, 0.4) is 0 Å². The van der Waals surface area contributed by atoms with Crippen molar-refractivity contribution in [1.82, 2.24) is 24.6 Å². The van der Waals surface area contributed by atoms with E-state index in [0.29, 0.717) is 35.5 Å². The van der Waals surface area contributed by atoms with Gasteiger partial charge in [-0.05, 0) is 57.4 Å². The number of nitrogens with zero attached hydrogens (tertiary/aromatic N) is 6. The van der Waals surface area contributed by atoms with Crippen LogP contribution in [0.4, 0.5) is 9.18 Å². The molecule has 2 atom stereocenters. The van der Waals surface area contributed by atoms with Crippen LogP contribution in [-0.4, -0.2) is 55.2 Å². The van der Waals surface area contributed by atoms with E-state index in [1.165, 1.54) is 11.8 Å². The summed E-state index contributed by atoms with van der Waals surface area (Å²) in [4.78, 5) is 23.9. The molecule has 4 heterocycles. The maximum absolute atomic E-state index is 16.6. The van der Waals surface area contributed by atoms with E-state index in [1.807, 2.05) is 62.0 Å². The Morgan fingerprint density at radius 3 is 2.77 bits per heavy atom. The Labute approximate surface area is 257 Å². The number of carbonyl (C=O) groups is 1. The van der Waals surface area contributed by atoms with Crippen molar-refractivity contribution in [2.75, 3.05) is 12.8 Å². The average Bonchev–Trinajstić information content (AvgIpc) is 3.42. The van der Waals surface area contributed by atoms with Crippen LogP contribution in [0.1, 0.15) is 46.1 Å². The molecule has 1 saturated heterocycles. The maximum Gasteiger partial charge on any atom is 0.410 e. The molecule has 6 rings (SSSR count). The molecule has 0 spiro atoms. The van der Waals surface area contributed by atoms with E-state index in [2.05, 4.69) is 11.1 Å². The number of ether oxygens (including phenoxy) is 1. The minimum absolute atomic E-state index is 0.143. The molecule has 1 aliphatic rings. The first kappa shape index (κ1) is 29.1. The standard InChI is InChI=1S/C32H30ClFN6O2S/c1-32(2,3)42-31(41)39-14-11-20(15-19(39)9-12-35)40-29-22-16-24(33)25(27-21-8-6-5-7-18(21)10-13-36-27)26(34)28(22)38-30(43-4)23(29)17-37-40/h5-8,10,13,16-17,19-20H,9,11,14-15H2,1-4H3/t19-,20+/m1/s1. The van der Waals surface area contributed by atoms with E-state index in [0.717, 1.165) is 21.7 Å². The lowest BCUT2D eigenvalue weighted by Gasteiger charge is -2.39. The highest BCUT2D eigenvalue weighted by atomic mass is 35.5. The number of aromatic nitrogens is 4. The number of hydrogen-bond donors (Lipinski definition) is 0. The summed E-state index contributed by atoms with van der Waals surface area (Å²) < 4.78 is 24.1. The second kappa shape index (κ2) is 11.3. The lowest BCUT2D eigenvalue weighted by atomic mass is 9.95. The van der Waals surface area contributed by atoms with Crippen LogP contribution in [0.25, 0.3) is 43.8 Å². The smallest absolute Gasteiger partial charge is 0.410 e. The van der Waals surface area contributed by atoms with Crippen LogP contribution in [0.2, 0.25) is 5.02 Å². The number of rotatable bonds is 4. The molecule has 11 heteroatoms. The van der Waals surface area contributed by atoms with Crippen molar-refractivity contribution in [1.29, 1.82) is 5.26 Å². The van der Waals surface area contributed by atoms with E-state index < -0.39 is 17.5 Å². The number of nitriles is 1. The molecule has 0 N–H and O–H groups in total. The van der Waals surface area contributed by atoms with Crippen LogP contribution in [0, 0.1) is 17.1 Å². The summed E-state index contributed by atoms with van der Waals surface area (Å²) in [5.41, 5.74) is 0.923. The predicted octanol–water partition coefficient (Wildman–Crippen LogP) is 8.17. The maximum atomic E-state index is 16.6. The molecule has 3 aromatic heterocycles. The largest absolute Gasteiger partial charge is 0.444 e. The number of fused-ring (bicyclic) bond motifs is 4. The summed E-state index contributed by atoms with van der Waals surface area (Å²) >= 11 is 8.27. The summed E-state index contributed by atoms with van der Waals surface area (Å²) in [6, 6.07) is 13.0. The van der Waals surface area contributed by atoms with E-state index in [-0.39, 0.29) is 34.6 Å². The molecule has 1 amide bonds. The van der Waals surface area contributed by atoms with E-state index in [9.17, 15) is 10.1 Å². The van der Waals surface area contributed by atoms with Gasteiger partial charge < -0.3 is 9.64 Å². The molecule has 0 saturated carbocycles. The molecule has 8 nitrogen and oxygen atoms in total. The Hall–Kier alpha value is -3.94. The summed E-state index contributed by atoms with van der Waals surface area (Å²) in [7, 11) is 0. The first-order valence-electron chi connectivity index (χ1n) is 14.0. The molecule has 220 valence electrons. The van der Waals surface area contributed by atoms with Gasteiger partial charge in [0.05, 0.1) is 58.0 Å². The molecule has 1 aliphatic heterocycles. The van der Waals surface area contributed by atoms with Crippen LogP contribution >= 0.6 is 23.4 Å². The van der Waals surface area contributed by atoms with Gasteiger partial charge in [0.25, 0.3) is 0 Å². The molecule has 0 bridgehead atoms. The zero-order valence-electron chi connectivity index (χ0n) is 24.3. The van der Waals surface area contributed by atoms with Crippen molar-refractivity contribution >= 4 is 62.0 Å². The van der Waals surface area contributed by atoms with E-state index >= 15 is 4.39 Å². The highest BCUT2D eigenvalue weighted by Gasteiger charge is 2.36. The van der Waals surface area contributed by atoms with Crippen LogP contribution in [0.15, 0.2) is 53.8 Å². The second-order valence-corrected chi connectivity index (χ2v) is 12.9. The van der Waals surface area contributed by atoms with Crippen molar-refractivity contribution in [3.63, 3.8) is 0 Å². The van der Waals surface area contributed by atoms with Gasteiger partial charge in [0, 0.05) is 23.5 Å². The molecule has 0 radical (unpaired) electrons. The number of benzene rings is 2. The summed E-state index contributed by atoms with van der Waals surface area (Å²) in [6.45, 7) is 5.86. The van der Waals surface area contributed by atoms with Crippen LogP contribution in [0.5, 0.6) is 0 Å². The number of pyridine rings is 2. The molecule has 1 fully saturated rings. The Morgan fingerprint density at radius 2 is 2.02 bits per heavy atom. The van der Waals surface area contributed by atoms with Gasteiger partial charge in [-0.15, -0.1) is 11.8 Å². The Balaban J connectivity index is 1.48.